The highest BCUT2D eigenvalue weighted by atomic mass is 127. The molecule has 3 rings (SSSR count). The van der Waals surface area contributed by atoms with Crippen molar-refractivity contribution < 1.29 is 9.59 Å². The lowest BCUT2D eigenvalue weighted by Crippen LogP contribution is -2.36. The second-order valence-electron chi connectivity index (χ2n) is 6.91. The van der Waals surface area contributed by atoms with Gasteiger partial charge < -0.3 is 16.0 Å². The number of halogens is 2. The third-order valence-electron chi connectivity index (χ3n) is 4.73. The first-order valence-electron chi connectivity index (χ1n) is 9.41. The number of carbonyl (C=O) groups excluding carboxylic acids is 2. The Morgan fingerprint density at radius 3 is 2.39 bits per heavy atom. The first-order chi connectivity index (χ1) is 13.5. The van der Waals surface area contributed by atoms with Gasteiger partial charge in [-0.05, 0) is 77.9 Å². The minimum atomic E-state index is -0.195. The Labute approximate surface area is 183 Å². The van der Waals surface area contributed by atoms with E-state index < -0.39 is 0 Å². The molecule has 2 aromatic rings. The first-order valence-corrected chi connectivity index (χ1v) is 10.9. The summed E-state index contributed by atoms with van der Waals surface area (Å²) >= 11 is 8.44. The summed E-state index contributed by atoms with van der Waals surface area (Å²) in [6.07, 6.45) is 5.52. The lowest BCUT2D eigenvalue weighted by Gasteiger charge is -2.23. The predicted octanol–water partition coefficient (Wildman–Crippen LogP) is 5.06. The minimum Gasteiger partial charge on any atom is -0.376 e. The van der Waals surface area contributed by atoms with Crippen LogP contribution in [-0.4, -0.2) is 24.4 Å². The highest BCUT2D eigenvalue weighted by molar-refractivity contribution is 14.1. The average Bonchev–Trinajstić information content (AvgIpc) is 2.70. The Kier molecular flexibility index (Phi) is 7.56. The second kappa shape index (κ2) is 10.1. The number of carbonyl (C=O) groups is 2. The Hall–Kier alpha value is -1.80. The number of anilines is 2. The lowest BCUT2D eigenvalue weighted by atomic mass is 9.95. The van der Waals surface area contributed by atoms with Gasteiger partial charge in [-0.3, -0.25) is 9.59 Å². The molecule has 0 saturated heterocycles. The Morgan fingerprint density at radius 2 is 1.68 bits per heavy atom. The summed E-state index contributed by atoms with van der Waals surface area (Å²) in [7, 11) is 0. The number of rotatable bonds is 6. The van der Waals surface area contributed by atoms with Crippen LogP contribution in [-0.2, 0) is 4.79 Å². The van der Waals surface area contributed by atoms with Crippen molar-refractivity contribution in [1.82, 2.24) is 5.32 Å². The smallest absolute Gasteiger partial charge is 0.253 e. The number of hydrogen-bond acceptors (Lipinski definition) is 3. The van der Waals surface area contributed by atoms with Gasteiger partial charge in [0.2, 0.25) is 5.91 Å². The van der Waals surface area contributed by atoms with Crippen LogP contribution in [0.1, 0.15) is 42.5 Å². The van der Waals surface area contributed by atoms with Crippen LogP contribution in [0, 0.1) is 3.57 Å². The quantitative estimate of drug-likeness (QED) is 0.475. The first kappa shape index (κ1) is 20.9. The van der Waals surface area contributed by atoms with Crippen molar-refractivity contribution in [2.24, 2.45) is 0 Å². The Bertz CT molecular complexity index is 836. The molecule has 2 amide bonds. The molecule has 1 aliphatic rings. The van der Waals surface area contributed by atoms with Gasteiger partial charge >= 0.3 is 0 Å². The van der Waals surface area contributed by atoms with Crippen LogP contribution in [0.3, 0.4) is 0 Å². The Balaban J connectivity index is 1.57. The fourth-order valence-electron chi connectivity index (χ4n) is 3.24. The van der Waals surface area contributed by atoms with Crippen LogP contribution >= 0.6 is 34.2 Å². The average molecular weight is 512 g/mol. The van der Waals surface area contributed by atoms with E-state index in [9.17, 15) is 9.59 Å². The molecule has 1 fully saturated rings. The van der Waals surface area contributed by atoms with Crippen molar-refractivity contribution in [3.8, 4) is 0 Å². The molecule has 28 heavy (non-hydrogen) atoms. The van der Waals surface area contributed by atoms with Gasteiger partial charge in [0.1, 0.15) is 0 Å². The van der Waals surface area contributed by atoms with E-state index in [1.54, 1.807) is 18.2 Å². The normalized spacial score (nSPS) is 14.4. The molecule has 2 aromatic carbocycles. The fraction of sp³-hybridized carbons (Fsp3) is 0.333. The number of benzene rings is 2. The van der Waals surface area contributed by atoms with Crippen molar-refractivity contribution in [3.05, 3.63) is 56.6 Å². The van der Waals surface area contributed by atoms with Crippen LogP contribution in [0.25, 0.3) is 0 Å². The molecular formula is C21H23ClIN3O2. The second-order valence-corrected chi connectivity index (χ2v) is 8.56. The predicted molar refractivity (Wildman–Crippen MR) is 122 cm³/mol. The van der Waals surface area contributed by atoms with Crippen LogP contribution in [0.4, 0.5) is 11.4 Å². The summed E-state index contributed by atoms with van der Waals surface area (Å²) in [6, 6.07) is 12.9. The molecule has 1 aliphatic carbocycles. The monoisotopic (exact) mass is 511 g/mol. The van der Waals surface area contributed by atoms with Crippen LogP contribution in [0.2, 0.25) is 5.02 Å². The molecule has 0 atom stereocenters. The van der Waals surface area contributed by atoms with Crippen molar-refractivity contribution in [1.29, 1.82) is 0 Å². The molecule has 0 bridgehead atoms. The van der Waals surface area contributed by atoms with E-state index in [4.69, 9.17) is 11.6 Å². The molecule has 0 heterocycles. The molecule has 0 spiro atoms. The van der Waals surface area contributed by atoms with E-state index in [1.165, 1.54) is 6.42 Å². The number of hydrogen-bond donors (Lipinski definition) is 3. The lowest BCUT2D eigenvalue weighted by molar-refractivity contribution is -0.114. The molecule has 3 N–H and O–H groups in total. The molecule has 5 nitrogen and oxygen atoms in total. The topological polar surface area (TPSA) is 70.2 Å². The minimum absolute atomic E-state index is 0.132. The van der Waals surface area contributed by atoms with Gasteiger partial charge in [-0.15, -0.1) is 0 Å². The van der Waals surface area contributed by atoms with Crippen LogP contribution < -0.4 is 16.0 Å². The summed E-state index contributed by atoms with van der Waals surface area (Å²) in [5, 5.41) is 9.32. The standard InChI is InChI=1S/C21H23ClIN3O2/c22-19-11-10-17(12-18(19)21(28)26-16-4-2-1-3-5-16)25-20(27)13-24-15-8-6-14(23)7-9-15/h6-12,16,24H,1-5,13H2,(H,25,27)(H,26,28). The fourth-order valence-corrected chi connectivity index (χ4v) is 3.81. The summed E-state index contributed by atoms with van der Waals surface area (Å²) in [5.41, 5.74) is 1.81. The van der Waals surface area contributed by atoms with Gasteiger partial charge in [-0.2, -0.15) is 0 Å². The summed E-state index contributed by atoms with van der Waals surface area (Å²) in [4.78, 5) is 24.8. The Morgan fingerprint density at radius 1 is 1.00 bits per heavy atom. The highest BCUT2D eigenvalue weighted by Gasteiger charge is 2.19. The molecule has 0 aliphatic heterocycles. The van der Waals surface area contributed by atoms with Gasteiger partial charge in [0.15, 0.2) is 0 Å². The van der Waals surface area contributed by atoms with Gasteiger partial charge in [0.05, 0.1) is 17.1 Å². The zero-order chi connectivity index (χ0) is 19.9. The van der Waals surface area contributed by atoms with Crippen molar-refractivity contribution in [3.63, 3.8) is 0 Å². The maximum atomic E-state index is 12.6. The largest absolute Gasteiger partial charge is 0.376 e. The number of nitrogens with one attached hydrogen (secondary N) is 3. The van der Waals surface area contributed by atoms with Gasteiger partial charge in [0.25, 0.3) is 5.91 Å². The van der Waals surface area contributed by atoms with Gasteiger partial charge in [-0.1, -0.05) is 30.9 Å². The summed E-state index contributed by atoms with van der Waals surface area (Å²) in [6.45, 7) is 0.132. The van der Waals surface area contributed by atoms with E-state index in [0.29, 0.717) is 16.3 Å². The molecule has 0 aromatic heterocycles. The molecule has 1 saturated carbocycles. The van der Waals surface area contributed by atoms with E-state index in [2.05, 4.69) is 38.5 Å². The van der Waals surface area contributed by atoms with E-state index in [1.807, 2.05) is 24.3 Å². The molecular weight excluding hydrogens is 489 g/mol. The zero-order valence-corrected chi connectivity index (χ0v) is 18.3. The summed E-state index contributed by atoms with van der Waals surface area (Å²) in [5.74, 6) is -0.385. The van der Waals surface area contributed by atoms with Gasteiger partial charge in [0, 0.05) is 21.0 Å². The van der Waals surface area contributed by atoms with E-state index in [-0.39, 0.29) is 24.4 Å². The highest BCUT2D eigenvalue weighted by Crippen LogP contribution is 2.23. The summed E-state index contributed by atoms with van der Waals surface area (Å²) < 4.78 is 1.13. The third kappa shape index (κ3) is 6.10. The molecule has 7 heteroatoms. The molecule has 148 valence electrons. The van der Waals surface area contributed by atoms with Gasteiger partial charge in [-0.25, -0.2) is 0 Å². The SMILES string of the molecule is O=C(CNc1ccc(I)cc1)Nc1ccc(Cl)c(C(=O)NC2CCCCC2)c1. The zero-order valence-electron chi connectivity index (χ0n) is 15.4. The van der Waals surface area contributed by atoms with Crippen molar-refractivity contribution in [2.45, 2.75) is 38.1 Å². The van der Waals surface area contributed by atoms with E-state index >= 15 is 0 Å². The maximum Gasteiger partial charge on any atom is 0.253 e. The molecule has 0 unspecified atom stereocenters. The van der Waals surface area contributed by atoms with Crippen molar-refractivity contribution in [2.75, 3.05) is 17.2 Å². The number of amides is 2. The maximum absolute atomic E-state index is 12.6. The van der Waals surface area contributed by atoms with E-state index in [0.717, 1.165) is 34.9 Å². The third-order valence-corrected chi connectivity index (χ3v) is 5.78. The molecule has 0 radical (unpaired) electrons. The van der Waals surface area contributed by atoms with Crippen molar-refractivity contribution >= 4 is 57.4 Å². The van der Waals surface area contributed by atoms with Crippen LogP contribution in [0.15, 0.2) is 42.5 Å². The van der Waals surface area contributed by atoms with Crippen LogP contribution in [0.5, 0.6) is 0 Å².